The molecule has 1 aliphatic heterocycles. The van der Waals surface area contributed by atoms with Crippen molar-refractivity contribution in [2.75, 3.05) is 13.2 Å². The summed E-state index contributed by atoms with van der Waals surface area (Å²) in [5.74, 6) is 2.58. The number of hydrogen-bond donors (Lipinski definition) is 1. The van der Waals surface area contributed by atoms with E-state index in [-0.39, 0.29) is 0 Å². The average Bonchev–Trinajstić information content (AvgIpc) is 3.25. The molecule has 4 nitrogen and oxygen atoms in total. The first-order valence-electron chi connectivity index (χ1n) is 13.2. The van der Waals surface area contributed by atoms with Gasteiger partial charge in [0.15, 0.2) is 0 Å². The van der Waals surface area contributed by atoms with Gasteiger partial charge in [0, 0.05) is 19.4 Å². The van der Waals surface area contributed by atoms with Crippen LogP contribution >= 0.6 is 0 Å². The van der Waals surface area contributed by atoms with Gasteiger partial charge in [0.1, 0.15) is 0 Å². The van der Waals surface area contributed by atoms with Gasteiger partial charge in [-0.1, -0.05) is 29.7 Å². The molecule has 0 radical (unpaired) electrons. The first-order valence-corrected chi connectivity index (χ1v) is 13.2. The van der Waals surface area contributed by atoms with Gasteiger partial charge in [0.25, 0.3) is 0 Å². The van der Waals surface area contributed by atoms with Crippen LogP contribution in [0.15, 0.2) is 35.1 Å². The zero-order valence-electron chi connectivity index (χ0n) is 19.5. The molecule has 176 valence electrons. The summed E-state index contributed by atoms with van der Waals surface area (Å²) in [7, 11) is 0. The molecule has 4 heteroatoms. The summed E-state index contributed by atoms with van der Waals surface area (Å²) in [6.45, 7) is 1.74. The fraction of sp³-hybridized carbons (Fsp3) is 0.750. The molecular formula is C28H40O4. The van der Waals surface area contributed by atoms with Crippen LogP contribution < -0.4 is 0 Å². The Labute approximate surface area is 193 Å². The molecule has 2 fully saturated rings. The van der Waals surface area contributed by atoms with E-state index in [0.29, 0.717) is 12.0 Å². The van der Waals surface area contributed by atoms with E-state index in [1.165, 1.54) is 38.5 Å². The van der Waals surface area contributed by atoms with Crippen molar-refractivity contribution in [1.29, 1.82) is 0 Å². The highest BCUT2D eigenvalue weighted by Gasteiger charge is 2.45. The van der Waals surface area contributed by atoms with E-state index in [2.05, 4.69) is 18.2 Å². The molecule has 32 heavy (non-hydrogen) atoms. The maximum atomic E-state index is 11.6. The lowest BCUT2D eigenvalue weighted by Crippen LogP contribution is -2.39. The van der Waals surface area contributed by atoms with E-state index in [9.17, 15) is 9.90 Å². The highest BCUT2D eigenvalue weighted by molar-refractivity contribution is 5.75. The Balaban J connectivity index is 1.03. The Kier molecular flexibility index (Phi) is 6.78. The summed E-state index contributed by atoms with van der Waals surface area (Å²) in [6.07, 6.45) is 22.9. The second-order valence-electron chi connectivity index (χ2n) is 11.1. The van der Waals surface area contributed by atoms with Gasteiger partial charge in [-0.3, -0.25) is 4.79 Å². The molecule has 1 heterocycles. The molecule has 0 aromatic rings. The van der Waals surface area contributed by atoms with E-state index in [1.54, 1.807) is 11.1 Å². The highest BCUT2D eigenvalue weighted by Crippen LogP contribution is 2.48. The number of carboxylic acids is 1. The van der Waals surface area contributed by atoms with Crippen LogP contribution in [0.2, 0.25) is 0 Å². The molecule has 0 aromatic carbocycles. The number of carboxylic acid groups (broad SMARTS) is 1. The Morgan fingerprint density at radius 1 is 1.09 bits per heavy atom. The van der Waals surface area contributed by atoms with Crippen LogP contribution in [-0.2, 0) is 14.3 Å². The molecule has 1 N–H and O–H groups in total. The first-order chi connectivity index (χ1) is 15.6. The summed E-state index contributed by atoms with van der Waals surface area (Å²) < 4.78 is 12.0. The van der Waals surface area contributed by atoms with Crippen molar-refractivity contribution in [2.45, 2.75) is 96.0 Å². The van der Waals surface area contributed by atoms with Crippen molar-refractivity contribution in [2.24, 2.45) is 23.2 Å². The molecule has 0 amide bonds. The topological polar surface area (TPSA) is 55.8 Å². The van der Waals surface area contributed by atoms with Gasteiger partial charge in [0.2, 0.25) is 0 Å². The number of allylic oxidation sites excluding steroid dienone is 4. The minimum Gasteiger partial charge on any atom is -0.498 e. The lowest BCUT2D eigenvalue weighted by molar-refractivity contribution is -0.156. The van der Waals surface area contributed by atoms with Gasteiger partial charge in [-0.25, -0.2) is 0 Å². The Bertz CT molecular complexity index is 787. The fourth-order valence-electron chi connectivity index (χ4n) is 6.74. The standard InChI is InChI=1S/C28H40O4/c29-27(30)28(14-1-15-28)19-21-4-10-25(11-5-21)31-16-12-20-2-6-22(7-3-20)24-9-8-23-13-17-32-26(23)18-24/h2,10,18,21-23,26H,1,3-9,11-17,19H2,(H,29,30). The van der Waals surface area contributed by atoms with Gasteiger partial charge >= 0.3 is 5.97 Å². The molecule has 4 aliphatic carbocycles. The van der Waals surface area contributed by atoms with E-state index in [1.807, 2.05) is 0 Å². The second kappa shape index (κ2) is 9.75. The zero-order chi connectivity index (χ0) is 22.0. The average molecular weight is 441 g/mol. The Hall–Kier alpha value is -1.55. The van der Waals surface area contributed by atoms with Crippen LogP contribution in [0, 0.1) is 23.2 Å². The predicted molar refractivity (Wildman–Crippen MR) is 125 cm³/mol. The fourth-order valence-corrected chi connectivity index (χ4v) is 6.74. The van der Waals surface area contributed by atoms with Crippen molar-refractivity contribution >= 4 is 5.97 Å². The van der Waals surface area contributed by atoms with Crippen LogP contribution in [0.5, 0.6) is 0 Å². The number of ether oxygens (including phenoxy) is 2. The van der Waals surface area contributed by atoms with Gasteiger partial charge in [-0.05, 0) is 94.5 Å². The van der Waals surface area contributed by atoms with E-state index in [0.717, 1.165) is 82.2 Å². The molecule has 4 unspecified atom stereocenters. The van der Waals surface area contributed by atoms with Crippen molar-refractivity contribution < 1.29 is 19.4 Å². The molecule has 4 atom stereocenters. The Morgan fingerprint density at radius 2 is 2.00 bits per heavy atom. The highest BCUT2D eigenvalue weighted by atomic mass is 16.5. The van der Waals surface area contributed by atoms with Crippen molar-refractivity contribution in [3.8, 4) is 0 Å². The van der Waals surface area contributed by atoms with Crippen molar-refractivity contribution in [3.63, 3.8) is 0 Å². The lowest BCUT2D eigenvalue weighted by Gasteiger charge is -2.40. The maximum Gasteiger partial charge on any atom is 0.309 e. The molecule has 5 rings (SSSR count). The molecule has 5 aliphatic rings. The van der Waals surface area contributed by atoms with E-state index < -0.39 is 11.4 Å². The van der Waals surface area contributed by atoms with Crippen molar-refractivity contribution in [3.05, 3.63) is 35.1 Å². The molecular weight excluding hydrogens is 400 g/mol. The minimum atomic E-state index is -0.575. The van der Waals surface area contributed by atoms with Gasteiger partial charge in [-0.15, -0.1) is 0 Å². The van der Waals surface area contributed by atoms with Crippen LogP contribution in [0.3, 0.4) is 0 Å². The van der Waals surface area contributed by atoms with Crippen LogP contribution in [0.25, 0.3) is 0 Å². The minimum absolute atomic E-state index is 0.407. The molecule has 1 saturated carbocycles. The number of aliphatic carboxylic acids is 1. The lowest BCUT2D eigenvalue weighted by atomic mass is 9.63. The first kappa shape index (κ1) is 22.3. The summed E-state index contributed by atoms with van der Waals surface area (Å²) in [5, 5.41) is 9.58. The number of rotatable bonds is 8. The van der Waals surface area contributed by atoms with E-state index >= 15 is 0 Å². The Morgan fingerprint density at radius 3 is 2.69 bits per heavy atom. The summed E-state index contributed by atoms with van der Waals surface area (Å²) in [4.78, 5) is 11.6. The van der Waals surface area contributed by atoms with Gasteiger partial charge in [0.05, 0.1) is 23.9 Å². The molecule has 0 bridgehead atoms. The third-order valence-corrected chi connectivity index (χ3v) is 9.11. The van der Waals surface area contributed by atoms with Crippen molar-refractivity contribution in [1.82, 2.24) is 0 Å². The third-order valence-electron chi connectivity index (χ3n) is 9.11. The largest absolute Gasteiger partial charge is 0.498 e. The summed E-state index contributed by atoms with van der Waals surface area (Å²) >= 11 is 0. The number of fused-ring (bicyclic) bond motifs is 1. The normalized spacial score (nSPS) is 33.9. The zero-order valence-corrected chi connectivity index (χ0v) is 19.5. The number of hydrogen-bond acceptors (Lipinski definition) is 3. The van der Waals surface area contributed by atoms with Gasteiger partial charge in [-0.2, -0.15) is 0 Å². The van der Waals surface area contributed by atoms with Crippen LogP contribution in [0.4, 0.5) is 0 Å². The monoisotopic (exact) mass is 440 g/mol. The SMILES string of the molecule is O=C(O)C1(CC2CC=C(OCCC3=CCC(C4=CC5OCCC5CC4)CC3)CC2)CCC1. The van der Waals surface area contributed by atoms with E-state index in [4.69, 9.17) is 9.47 Å². The van der Waals surface area contributed by atoms with Gasteiger partial charge < -0.3 is 14.6 Å². The summed E-state index contributed by atoms with van der Waals surface area (Å²) in [6, 6.07) is 0. The quantitative estimate of drug-likeness (QED) is 0.434. The summed E-state index contributed by atoms with van der Waals surface area (Å²) in [5.41, 5.74) is 2.81. The maximum absolute atomic E-state index is 11.6. The van der Waals surface area contributed by atoms with Crippen LogP contribution in [0.1, 0.15) is 89.9 Å². The second-order valence-corrected chi connectivity index (χ2v) is 11.1. The third kappa shape index (κ3) is 4.85. The smallest absolute Gasteiger partial charge is 0.309 e. The molecule has 1 saturated heterocycles. The predicted octanol–water partition coefficient (Wildman–Crippen LogP) is 6.57. The molecule has 0 spiro atoms. The number of carbonyl (C=O) groups is 1. The van der Waals surface area contributed by atoms with Crippen LogP contribution in [-0.4, -0.2) is 30.4 Å². The molecule has 0 aromatic heterocycles.